The van der Waals surface area contributed by atoms with Gasteiger partial charge in [-0.1, -0.05) is 54.6 Å². The average molecular weight is 382 g/mol. The summed E-state index contributed by atoms with van der Waals surface area (Å²) in [6.07, 6.45) is 0. The number of rotatable bonds is 5. The highest BCUT2D eigenvalue weighted by Gasteiger charge is 2.24. The first-order valence-corrected chi connectivity index (χ1v) is 10.0. The van der Waals surface area contributed by atoms with E-state index in [1.54, 1.807) is 9.80 Å². The second-order valence-corrected chi connectivity index (χ2v) is 7.78. The number of piperazine rings is 1. The van der Waals surface area contributed by atoms with Gasteiger partial charge in [0.2, 0.25) is 4.77 Å². The van der Waals surface area contributed by atoms with Gasteiger partial charge in [-0.2, -0.15) is 4.98 Å². The standard InChI is InChI=1S/C21H25N5S/c1-17-7-5-6-10-19(17)15-24-11-13-25(14-12-24)16-26-21(27)22-20(23-26)18-8-3-2-4-9-18/h2-10H,11-16H2,1H3,(H,22,23,27)/p+2. The zero-order chi connectivity index (χ0) is 18.6. The molecule has 1 aliphatic rings. The molecule has 0 bridgehead atoms. The molecule has 0 radical (unpaired) electrons. The Bertz CT molecular complexity index is 938. The normalized spacial score (nSPS) is 19.9. The Balaban J connectivity index is 1.35. The maximum atomic E-state index is 5.47. The van der Waals surface area contributed by atoms with E-state index in [9.17, 15) is 0 Å². The van der Waals surface area contributed by atoms with Crippen molar-refractivity contribution < 1.29 is 9.80 Å². The zero-order valence-electron chi connectivity index (χ0n) is 15.7. The van der Waals surface area contributed by atoms with Gasteiger partial charge in [-0.15, -0.1) is 0 Å². The van der Waals surface area contributed by atoms with E-state index in [2.05, 4.69) is 53.4 Å². The molecule has 4 rings (SSSR count). The summed E-state index contributed by atoms with van der Waals surface area (Å²) in [4.78, 5) is 7.76. The first kappa shape index (κ1) is 18.1. The molecule has 0 unspecified atom stereocenters. The molecule has 1 fully saturated rings. The minimum atomic E-state index is 0.635. The number of H-pyrrole nitrogens is 1. The van der Waals surface area contributed by atoms with Crippen molar-refractivity contribution in [3.63, 3.8) is 0 Å². The molecule has 27 heavy (non-hydrogen) atoms. The Morgan fingerprint density at radius 3 is 2.37 bits per heavy atom. The Kier molecular flexibility index (Phi) is 5.48. The Morgan fingerprint density at radius 2 is 1.63 bits per heavy atom. The van der Waals surface area contributed by atoms with Gasteiger partial charge in [0.25, 0.3) is 0 Å². The van der Waals surface area contributed by atoms with E-state index in [0.29, 0.717) is 4.77 Å². The van der Waals surface area contributed by atoms with Crippen LogP contribution in [0.3, 0.4) is 0 Å². The van der Waals surface area contributed by atoms with Gasteiger partial charge in [0.15, 0.2) is 12.5 Å². The van der Waals surface area contributed by atoms with Crippen molar-refractivity contribution in [2.24, 2.45) is 0 Å². The summed E-state index contributed by atoms with van der Waals surface area (Å²) >= 11 is 5.47. The number of aryl methyl sites for hydroxylation is 1. The lowest BCUT2D eigenvalue weighted by Gasteiger charge is -2.29. The smallest absolute Gasteiger partial charge is 0.221 e. The van der Waals surface area contributed by atoms with Crippen LogP contribution in [0.15, 0.2) is 54.6 Å². The van der Waals surface area contributed by atoms with Crippen LogP contribution in [0.2, 0.25) is 0 Å². The third-order valence-corrected chi connectivity index (χ3v) is 5.79. The fourth-order valence-corrected chi connectivity index (χ4v) is 3.98. The van der Waals surface area contributed by atoms with Gasteiger partial charge in [-0.05, 0) is 24.7 Å². The molecule has 0 saturated carbocycles. The molecule has 6 heteroatoms. The minimum absolute atomic E-state index is 0.635. The Labute approximate surface area is 165 Å². The predicted molar refractivity (Wildman–Crippen MR) is 109 cm³/mol. The van der Waals surface area contributed by atoms with Gasteiger partial charge in [-0.3, -0.25) is 5.10 Å². The van der Waals surface area contributed by atoms with Crippen LogP contribution in [0.25, 0.3) is 11.4 Å². The molecule has 1 aliphatic heterocycles. The highest BCUT2D eigenvalue weighted by molar-refractivity contribution is 7.71. The number of quaternary nitrogens is 2. The average Bonchev–Trinajstić information content (AvgIpc) is 3.06. The topological polar surface area (TPSA) is 42.5 Å². The molecule has 140 valence electrons. The van der Waals surface area contributed by atoms with Crippen LogP contribution in [-0.4, -0.2) is 40.9 Å². The largest absolute Gasteiger partial charge is 0.322 e. The Hall–Kier alpha value is -2.28. The fourth-order valence-electron chi connectivity index (χ4n) is 3.78. The van der Waals surface area contributed by atoms with Crippen molar-refractivity contribution in [3.05, 3.63) is 70.5 Å². The third-order valence-electron chi connectivity index (χ3n) is 5.47. The third kappa shape index (κ3) is 4.35. The second-order valence-electron chi connectivity index (χ2n) is 7.41. The van der Waals surface area contributed by atoms with Crippen molar-refractivity contribution in [2.45, 2.75) is 20.1 Å². The van der Waals surface area contributed by atoms with Gasteiger partial charge < -0.3 is 9.80 Å². The van der Waals surface area contributed by atoms with Gasteiger partial charge in [0, 0.05) is 11.1 Å². The summed E-state index contributed by atoms with van der Waals surface area (Å²) < 4.78 is 2.65. The number of hydrogen-bond acceptors (Lipinski definition) is 2. The first-order chi connectivity index (χ1) is 13.2. The molecule has 0 aliphatic carbocycles. The SMILES string of the molecule is Cc1ccccc1C[NH+]1CC[NH+](Cn2[nH]c(-c3ccccc3)nc2=S)CC1. The van der Waals surface area contributed by atoms with E-state index >= 15 is 0 Å². The van der Waals surface area contributed by atoms with E-state index in [-0.39, 0.29) is 0 Å². The maximum absolute atomic E-state index is 5.47. The van der Waals surface area contributed by atoms with Crippen molar-refractivity contribution in [1.82, 2.24) is 14.8 Å². The van der Waals surface area contributed by atoms with Crippen LogP contribution in [-0.2, 0) is 13.2 Å². The summed E-state index contributed by atoms with van der Waals surface area (Å²) in [5.74, 6) is 0.851. The molecule has 3 N–H and O–H groups in total. The molecule has 0 spiro atoms. The highest BCUT2D eigenvalue weighted by atomic mass is 32.1. The van der Waals surface area contributed by atoms with Gasteiger partial charge in [0.1, 0.15) is 32.7 Å². The highest BCUT2D eigenvalue weighted by Crippen LogP contribution is 2.13. The number of hydrogen-bond donors (Lipinski definition) is 3. The van der Waals surface area contributed by atoms with Gasteiger partial charge in [0.05, 0.1) is 0 Å². The summed E-state index contributed by atoms with van der Waals surface area (Å²) in [5.41, 5.74) is 3.95. The van der Waals surface area contributed by atoms with E-state index < -0.39 is 0 Å². The lowest BCUT2D eigenvalue weighted by molar-refractivity contribution is -1.03. The summed E-state index contributed by atoms with van der Waals surface area (Å²) in [7, 11) is 0. The van der Waals surface area contributed by atoms with Crippen molar-refractivity contribution >= 4 is 12.2 Å². The minimum Gasteiger partial charge on any atom is -0.322 e. The predicted octanol–water partition coefficient (Wildman–Crippen LogP) is 0.857. The lowest BCUT2D eigenvalue weighted by atomic mass is 10.1. The summed E-state index contributed by atoms with van der Waals surface area (Å²) in [5, 5.41) is 3.38. The number of nitrogens with zero attached hydrogens (tertiary/aromatic N) is 2. The van der Waals surface area contributed by atoms with Crippen LogP contribution >= 0.6 is 12.2 Å². The van der Waals surface area contributed by atoms with E-state index in [0.717, 1.165) is 37.7 Å². The van der Waals surface area contributed by atoms with Crippen LogP contribution in [0.5, 0.6) is 0 Å². The number of nitrogens with one attached hydrogen (secondary N) is 3. The zero-order valence-corrected chi connectivity index (χ0v) is 16.6. The van der Waals surface area contributed by atoms with Crippen LogP contribution in [0.4, 0.5) is 0 Å². The Morgan fingerprint density at radius 1 is 0.963 bits per heavy atom. The molecule has 5 nitrogen and oxygen atoms in total. The molecular formula is C21H27N5S+2. The molecule has 0 amide bonds. The molecule has 2 aromatic carbocycles. The van der Waals surface area contributed by atoms with E-state index in [1.807, 2.05) is 22.9 Å². The van der Waals surface area contributed by atoms with E-state index in [1.165, 1.54) is 24.2 Å². The van der Waals surface area contributed by atoms with Gasteiger partial charge >= 0.3 is 0 Å². The molecule has 2 heterocycles. The lowest BCUT2D eigenvalue weighted by Crippen LogP contribution is -3.27. The van der Waals surface area contributed by atoms with Crippen molar-refractivity contribution in [1.29, 1.82) is 0 Å². The molecule has 1 saturated heterocycles. The van der Waals surface area contributed by atoms with Gasteiger partial charge in [-0.25, -0.2) is 4.68 Å². The molecule has 0 atom stereocenters. The first-order valence-electron chi connectivity index (χ1n) is 9.63. The monoisotopic (exact) mass is 381 g/mol. The number of benzene rings is 2. The molecule has 1 aromatic heterocycles. The molecule has 3 aromatic rings. The number of aromatic nitrogens is 3. The number of aromatic amines is 1. The fraction of sp³-hybridized carbons (Fsp3) is 0.333. The second kappa shape index (κ2) is 8.17. The molecular weight excluding hydrogens is 354 g/mol. The summed E-state index contributed by atoms with van der Waals surface area (Å²) in [6, 6.07) is 18.9. The van der Waals surface area contributed by atoms with Crippen molar-refractivity contribution in [3.8, 4) is 11.4 Å². The van der Waals surface area contributed by atoms with Crippen LogP contribution < -0.4 is 9.80 Å². The van der Waals surface area contributed by atoms with Crippen LogP contribution in [0.1, 0.15) is 11.1 Å². The van der Waals surface area contributed by atoms with Crippen LogP contribution in [0, 0.1) is 11.7 Å². The van der Waals surface area contributed by atoms with E-state index in [4.69, 9.17) is 12.2 Å². The van der Waals surface area contributed by atoms with Crippen molar-refractivity contribution in [2.75, 3.05) is 26.2 Å². The quantitative estimate of drug-likeness (QED) is 0.574. The maximum Gasteiger partial charge on any atom is 0.221 e. The summed E-state index contributed by atoms with van der Waals surface area (Å²) in [6.45, 7) is 8.89.